The van der Waals surface area contributed by atoms with Crippen molar-refractivity contribution in [1.29, 1.82) is 0 Å². The summed E-state index contributed by atoms with van der Waals surface area (Å²) in [6.07, 6.45) is 1.50. The van der Waals surface area contributed by atoms with Gasteiger partial charge in [-0.1, -0.05) is 28.1 Å². The minimum atomic E-state index is -1.06. The summed E-state index contributed by atoms with van der Waals surface area (Å²) in [6.45, 7) is 4.14. The van der Waals surface area contributed by atoms with Crippen LogP contribution in [-0.2, 0) is 16.0 Å². The first-order valence-electron chi connectivity index (χ1n) is 6.63. The second-order valence-corrected chi connectivity index (χ2v) is 6.34. The van der Waals surface area contributed by atoms with E-state index >= 15 is 0 Å². The number of likely N-dealkylation sites (tertiary alicyclic amines) is 1. The van der Waals surface area contributed by atoms with Crippen LogP contribution in [0, 0.1) is 6.92 Å². The van der Waals surface area contributed by atoms with Crippen LogP contribution in [0.4, 0.5) is 0 Å². The lowest BCUT2D eigenvalue weighted by Crippen LogP contribution is -2.51. The Bertz CT molecular complexity index is 558. The highest BCUT2D eigenvalue weighted by Gasteiger charge is 2.45. The molecule has 1 fully saturated rings. The van der Waals surface area contributed by atoms with Gasteiger partial charge in [0.1, 0.15) is 5.54 Å². The zero-order valence-corrected chi connectivity index (χ0v) is 13.2. The molecule has 4 nitrogen and oxygen atoms in total. The third-order valence-corrected chi connectivity index (χ3v) is 4.85. The fourth-order valence-corrected chi connectivity index (χ4v) is 3.03. The van der Waals surface area contributed by atoms with E-state index < -0.39 is 11.5 Å². The van der Waals surface area contributed by atoms with Crippen LogP contribution in [0.3, 0.4) is 0 Å². The van der Waals surface area contributed by atoms with E-state index in [0.29, 0.717) is 13.0 Å². The molecule has 1 aromatic rings. The van der Waals surface area contributed by atoms with Crippen molar-refractivity contribution < 1.29 is 14.7 Å². The molecule has 1 aliphatic heterocycles. The number of amides is 1. The standard InChI is InChI=1S/C15H18BrNO3/c1-10-4-5-11(8-12(10)16)9-13(18)17-7-3-6-15(17,2)14(19)20/h4-5,8H,3,6-7,9H2,1-2H3,(H,19,20). The van der Waals surface area contributed by atoms with Gasteiger partial charge in [-0.25, -0.2) is 4.79 Å². The second kappa shape index (κ2) is 5.56. The highest BCUT2D eigenvalue weighted by Crippen LogP contribution is 2.30. The molecule has 5 heteroatoms. The number of hydrogen-bond acceptors (Lipinski definition) is 2. The molecule has 1 aliphatic rings. The number of rotatable bonds is 3. The first kappa shape index (κ1) is 15.0. The number of aliphatic carboxylic acids is 1. The van der Waals surface area contributed by atoms with Crippen LogP contribution in [0.1, 0.15) is 30.9 Å². The molecule has 0 bridgehead atoms. The van der Waals surface area contributed by atoms with Crippen LogP contribution in [-0.4, -0.2) is 34.0 Å². The molecule has 1 saturated heterocycles. The molecule has 20 heavy (non-hydrogen) atoms. The maximum absolute atomic E-state index is 12.4. The molecular formula is C15H18BrNO3. The summed E-state index contributed by atoms with van der Waals surface area (Å²) in [4.78, 5) is 25.3. The smallest absolute Gasteiger partial charge is 0.329 e. The lowest BCUT2D eigenvalue weighted by atomic mass is 9.98. The minimum Gasteiger partial charge on any atom is -0.480 e. The van der Waals surface area contributed by atoms with E-state index in [4.69, 9.17) is 0 Å². The van der Waals surface area contributed by atoms with E-state index in [9.17, 15) is 14.7 Å². The molecule has 1 aromatic carbocycles. The number of nitrogens with zero attached hydrogens (tertiary/aromatic N) is 1. The monoisotopic (exact) mass is 339 g/mol. The minimum absolute atomic E-state index is 0.122. The van der Waals surface area contributed by atoms with E-state index in [-0.39, 0.29) is 12.3 Å². The quantitative estimate of drug-likeness (QED) is 0.921. The lowest BCUT2D eigenvalue weighted by Gasteiger charge is -2.31. The van der Waals surface area contributed by atoms with Crippen LogP contribution in [0.15, 0.2) is 22.7 Å². The molecule has 0 radical (unpaired) electrons. The van der Waals surface area contributed by atoms with E-state index in [2.05, 4.69) is 15.9 Å². The van der Waals surface area contributed by atoms with Gasteiger partial charge in [0, 0.05) is 11.0 Å². The van der Waals surface area contributed by atoms with Crippen LogP contribution >= 0.6 is 15.9 Å². The van der Waals surface area contributed by atoms with Crippen molar-refractivity contribution in [2.24, 2.45) is 0 Å². The molecule has 0 saturated carbocycles. The van der Waals surface area contributed by atoms with Crippen molar-refractivity contribution >= 4 is 27.8 Å². The van der Waals surface area contributed by atoms with Gasteiger partial charge in [-0.2, -0.15) is 0 Å². The average molecular weight is 340 g/mol. The zero-order chi connectivity index (χ0) is 14.9. The molecule has 0 aromatic heterocycles. The Labute approximate surface area is 126 Å². The molecule has 1 atom stereocenters. The zero-order valence-electron chi connectivity index (χ0n) is 11.6. The van der Waals surface area contributed by atoms with Crippen molar-refractivity contribution in [3.8, 4) is 0 Å². The van der Waals surface area contributed by atoms with Crippen molar-refractivity contribution in [3.05, 3.63) is 33.8 Å². The summed E-state index contributed by atoms with van der Waals surface area (Å²) < 4.78 is 0.963. The predicted octanol–water partition coefficient (Wildman–Crippen LogP) is 2.77. The molecule has 1 unspecified atom stereocenters. The molecule has 0 spiro atoms. The van der Waals surface area contributed by atoms with Crippen molar-refractivity contribution in [1.82, 2.24) is 4.90 Å². The summed E-state index contributed by atoms with van der Waals surface area (Å²) in [5.74, 6) is -1.04. The molecule has 2 rings (SSSR count). The highest BCUT2D eigenvalue weighted by molar-refractivity contribution is 9.10. The largest absolute Gasteiger partial charge is 0.480 e. The van der Waals surface area contributed by atoms with Gasteiger partial charge >= 0.3 is 5.97 Å². The second-order valence-electron chi connectivity index (χ2n) is 5.49. The lowest BCUT2D eigenvalue weighted by molar-refractivity contribution is -0.155. The normalized spacial score (nSPS) is 22.1. The number of aryl methyl sites for hydroxylation is 1. The molecular weight excluding hydrogens is 322 g/mol. The third kappa shape index (κ3) is 2.73. The van der Waals surface area contributed by atoms with Gasteiger partial charge in [-0.15, -0.1) is 0 Å². The van der Waals surface area contributed by atoms with Crippen LogP contribution in [0.5, 0.6) is 0 Å². The molecule has 1 amide bonds. The van der Waals surface area contributed by atoms with E-state index in [1.54, 1.807) is 6.92 Å². The van der Waals surface area contributed by atoms with E-state index in [1.807, 2.05) is 25.1 Å². The summed E-state index contributed by atoms with van der Waals surface area (Å²) in [5.41, 5.74) is 0.948. The third-order valence-electron chi connectivity index (χ3n) is 3.99. The van der Waals surface area contributed by atoms with Gasteiger partial charge in [0.05, 0.1) is 6.42 Å². The Morgan fingerprint density at radius 3 is 2.75 bits per heavy atom. The summed E-state index contributed by atoms with van der Waals surface area (Å²) in [7, 11) is 0. The molecule has 1 heterocycles. The Hall–Kier alpha value is -1.36. The van der Waals surface area contributed by atoms with Crippen molar-refractivity contribution in [3.63, 3.8) is 0 Å². The first-order valence-corrected chi connectivity index (χ1v) is 7.43. The summed E-state index contributed by atoms with van der Waals surface area (Å²) in [6, 6.07) is 5.78. The predicted molar refractivity (Wildman–Crippen MR) is 79.6 cm³/mol. The number of carbonyl (C=O) groups excluding carboxylic acids is 1. The van der Waals surface area contributed by atoms with Crippen LogP contribution in [0.25, 0.3) is 0 Å². The van der Waals surface area contributed by atoms with E-state index in [0.717, 1.165) is 22.0 Å². The Morgan fingerprint density at radius 2 is 2.15 bits per heavy atom. The maximum Gasteiger partial charge on any atom is 0.329 e. The van der Waals surface area contributed by atoms with Crippen molar-refractivity contribution in [2.75, 3.05) is 6.54 Å². The van der Waals surface area contributed by atoms with Gasteiger partial charge < -0.3 is 10.0 Å². The van der Waals surface area contributed by atoms with Gasteiger partial charge in [-0.3, -0.25) is 4.79 Å². The maximum atomic E-state index is 12.4. The SMILES string of the molecule is Cc1ccc(CC(=O)N2CCCC2(C)C(=O)O)cc1Br. The Kier molecular flexibility index (Phi) is 4.18. The van der Waals surface area contributed by atoms with Gasteiger partial charge in [-0.05, 0) is 43.9 Å². The fraction of sp³-hybridized carbons (Fsp3) is 0.467. The number of hydrogen-bond donors (Lipinski definition) is 1. The van der Waals surface area contributed by atoms with Gasteiger partial charge in [0.15, 0.2) is 0 Å². The summed E-state index contributed by atoms with van der Waals surface area (Å²) >= 11 is 3.45. The fourth-order valence-electron chi connectivity index (χ4n) is 2.60. The van der Waals surface area contributed by atoms with Gasteiger partial charge in [0.25, 0.3) is 0 Å². The topological polar surface area (TPSA) is 57.6 Å². The Balaban J connectivity index is 2.15. The molecule has 1 N–H and O–H groups in total. The van der Waals surface area contributed by atoms with Crippen LogP contribution in [0.2, 0.25) is 0 Å². The van der Waals surface area contributed by atoms with E-state index in [1.165, 1.54) is 4.90 Å². The molecule has 108 valence electrons. The highest BCUT2D eigenvalue weighted by atomic mass is 79.9. The number of carboxylic acid groups (broad SMARTS) is 1. The average Bonchev–Trinajstić information content (AvgIpc) is 2.77. The first-order chi connectivity index (χ1) is 9.34. The van der Waals surface area contributed by atoms with Crippen LogP contribution < -0.4 is 0 Å². The number of halogens is 1. The number of carboxylic acids is 1. The Morgan fingerprint density at radius 1 is 1.45 bits per heavy atom. The molecule has 0 aliphatic carbocycles. The van der Waals surface area contributed by atoms with Crippen molar-refractivity contribution in [2.45, 2.75) is 38.6 Å². The van der Waals surface area contributed by atoms with Gasteiger partial charge in [0.2, 0.25) is 5.91 Å². The number of benzene rings is 1. The number of carbonyl (C=O) groups is 2. The summed E-state index contributed by atoms with van der Waals surface area (Å²) in [5, 5.41) is 9.34.